The maximum Gasteiger partial charge on any atom is 0.231 e. The zero-order chi connectivity index (χ0) is 14.1. The van der Waals surface area contributed by atoms with Gasteiger partial charge in [0.15, 0.2) is 5.76 Å². The molecular weight excluding hydrogens is 252 g/mol. The van der Waals surface area contributed by atoms with E-state index in [-0.39, 0.29) is 5.78 Å². The molecule has 0 saturated heterocycles. The van der Waals surface area contributed by atoms with Crippen LogP contribution in [0.15, 0.2) is 52.9 Å². The van der Waals surface area contributed by atoms with E-state index in [0.717, 1.165) is 16.5 Å². The van der Waals surface area contributed by atoms with E-state index in [2.05, 4.69) is 0 Å². The van der Waals surface area contributed by atoms with Crippen molar-refractivity contribution in [1.29, 1.82) is 0 Å². The summed E-state index contributed by atoms with van der Waals surface area (Å²) in [5.41, 5.74) is 2.28. The van der Waals surface area contributed by atoms with E-state index in [1.807, 2.05) is 37.3 Å². The minimum absolute atomic E-state index is 0.168. The van der Waals surface area contributed by atoms with Gasteiger partial charge in [-0.3, -0.25) is 4.79 Å². The van der Waals surface area contributed by atoms with Crippen LogP contribution < -0.4 is 4.74 Å². The molecule has 0 amide bonds. The topological polar surface area (TPSA) is 39.4 Å². The maximum atomic E-state index is 12.5. The molecule has 3 nitrogen and oxygen atoms in total. The summed E-state index contributed by atoms with van der Waals surface area (Å²) >= 11 is 0. The first-order valence-electron chi connectivity index (χ1n) is 6.37. The summed E-state index contributed by atoms with van der Waals surface area (Å²) in [5, 5.41) is 0.934. The third-order valence-corrected chi connectivity index (χ3v) is 3.32. The van der Waals surface area contributed by atoms with Gasteiger partial charge in [0.1, 0.15) is 11.3 Å². The molecule has 3 rings (SSSR count). The Balaban J connectivity index is 2.11. The average Bonchev–Trinajstić information content (AvgIpc) is 2.92. The molecular formula is C17H14O3. The summed E-state index contributed by atoms with van der Waals surface area (Å²) < 4.78 is 10.9. The van der Waals surface area contributed by atoms with Crippen molar-refractivity contribution in [3.05, 3.63) is 65.4 Å². The van der Waals surface area contributed by atoms with Crippen molar-refractivity contribution in [1.82, 2.24) is 0 Å². The highest BCUT2D eigenvalue weighted by molar-refractivity contribution is 6.10. The lowest BCUT2D eigenvalue weighted by Crippen LogP contribution is -2.02. The van der Waals surface area contributed by atoms with Crippen molar-refractivity contribution in [2.24, 2.45) is 0 Å². The molecule has 0 bridgehead atoms. The van der Waals surface area contributed by atoms with Gasteiger partial charge in [0.2, 0.25) is 5.78 Å². The summed E-state index contributed by atoms with van der Waals surface area (Å²) in [7, 11) is 1.55. The molecule has 3 aromatic rings. The predicted octanol–water partition coefficient (Wildman–Crippen LogP) is 3.98. The van der Waals surface area contributed by atoms with Crippen LogP contribution in [0.2, 0.25) is 0 Å². The molecule has 0 aliphatic carbocycles. The number of benzene rings is 2. The van der Waals surface area contributed by atoms with Gasteiger partial charge in [0.05, 0.1) is 12.7 Å². The SMILES string of the molecule is COc1ccccc1C(=O)c1cc2cccc(C)c2o1. The second kappa shape index (κ2) is 4.85. The van der Waals surface area contributed by atoms with Gasteiger partial charge >= 0.3 is 0 Å². The predicted molar refractivity (Wildman–Crippen MR) is 77.4 cm³/mol. The van der Waals surface area contributed by atoms with Crippen molar-refractivity contribution in [3.63, 3.8) is 0 Å². The first-order chi connectivity index (χ1) is 9.70. The third kappa shape index (κ3) is 1.97. The van der Waals surface area contributed by atoms with Gasteiger partial charge in [-0.25, -0.2) is 0 Å². The monoisotopic (exact) mass is 266 g/mol. The number of aryl methyl sites for hydroxylation is 1. The van der Waals surface area contributed by atoms with Crippen LogP contribution in [0.5, 0.6) is 5.75 Å². The molecule has 0 aliphatic rings. The molecule has 2 aromatic carbocycles. The van der Waals surface area contributed by atoms with Crippen LogP contribution in [0.1, 0.15) is 21.7 Å². The summed E-state index contributed by atoms with van der Waals surface area (Å²) in [6.45, 7) is 1.96. The highest BCUT2D eigenvalue weighted by Gasteiger charge is 2.18. The van der Waals surface area contributed by atoms with Crippen molar-refractivity contribution >= 4 is 16.8 Å². The van der Waals surface area contributed by atoms with Crippen molar-refractivity contribution in [2.45, 2.75) is 6.92 Å². The molecule has 0 atom stereocenters. The van der Waals surface area contributed by atoms with E-state index in [9.17, 15) is 4.79 Å². The summed E-state index contributed by atoms with van der Waals surface area (Å²) in [6.07, 6.45) is 0. The minimum Gasteiger partial charge on any atom is -0.496 e. The van der Waals surface area contributed by atoms with Crippen LogP contribution in [0.4, 0.5) is 0 Å². The lowest BCUT2D eigenvalue weighted by Gasteiger charge is -2.05. The first kappa shape index (κ1) is 12.5. The summed E-state index contributed by atoms with van der Waals surface area (Å²) in [6, 6.07) is 14.8. The molecule has 1 heterocycles. The fraction of sp³-hybridized carbons (Fsp3) is 0.118. The van der Waals surface area contributed by atoms with E-state index in [4.69, 9.17) is 9.15 Å². The van der Waals surface area contributed by atoms with E-state index < -0.39 is 0 Å². The Morgan fingerprint density at radius 1 is 1.10 bits per heavy atom. The normalized spacial score (nSPS) is 10.7. The molecule has 0 fully saturated rings. The van der Waals surface area contributed by atoms with Crippen molar-refractivity contribution in [2.75, 3.05) is 7.11 Å². The molecule has 1 aromatic heterocycles. The number of carbonyl (C=O) groups is 1. The fourth-order valence-electron chi connectivity index (χ4n) is 2.29. The van der Waals surface area contributed by atoms with Gasteiger partial charge in [-0.2, -0.15) is 0 Å². The number of hydrogen-bond acceptors (Lipinski definition) is 3. The number of methoxy groups -OCH3 is 1. The number of ketones is 1. The minimum atomic E-state index is -0.168. The fourth-order valence-corrected chi connectivity index (χ4v) is 2.29. The van der Waals surface area contributed by atoms with E-state index >= 15 is 0 Å². The van der Waals surface area contributed by atoms with Crippen LogP contribution in [0.3, 0.4) is 0 Å². The molecule has 0 spiro atoms. The summed E-state index contributed by atoms with van der Waals surface area (Å²) in [4.78, 5) is 12.5. The standard InChI is InChI=1S/C17H14O3/c1-11-6-5-7-12-10-15(20-17(11)12)16(18)13-8-3-4-9-14(13)19-2/h3-10H,1-2H3. The Hall–Kier alpha value is -2.55. The zero-order valence-corrected chi connectivity index (χ0v) is 11.3. The molecule has 0 radical (unpaired) electrons. The van der Waals surface area contributed by atoms with E-state index in [0.29, 0.717) is 17.1 Å². The quantitative estimate of drug-likeness (QED) is 0.673. The lowest BCUT2D eigenvalue weighted by atomic mass is 10.1. The molecule has 0 N–H and O–H groups in total. The van der Waals surface area contributed by atoms with Crippen LogP contribution in [0.25, 0.3) is 11.0 Å². The number of furan rings is 1. The van der Waals surface area contributed by atoms with E-state index in [1.54, 1.807) is 25.3 Å². The van der Waals surface area contributed by atoms with Crippen molar-refractivity contribution in [3.8, 4) is 5.75 Å². The molecule has 0 unspecified atom stereocenters. The molecule has 3 heteroatoms. The highest BCUT2D eigenvalue weighted by atomic mass is 16.5. The first-order valence-corrected chi connectivity index (χ1v) is 6.37. The number of para-hydroxylation sites is 2. The van der Waals surface area contributed by atoms with Crippen LogP contribution in [0, 0.1) is 6.92 Å². The van der Waals surface area contributed by atoms with E-state index in [1.165, 1.54) is 0 Å². The Bertz CT molecular complexity index is 784. The number of hydrogen-bond donors (Lipinski definition) is 0. The average molecular weight is 266 g/mol. The number of fused-ring (bicyclic) bond motifs is 1. The van der Waals surface area contributed by atoms with Crippen LogP contribution in [-0.2, 0) is 0 Å². The largest absolute Gasteiger partial charge is 0.496 e. The Labute approximate surface area is 116 Å². The van der Waals surface area contributed by atoms with Gasteiger partial charge in [-0.1, -0.05) is 30.3 Å². The second-order valence-electron chi connectivity index (χ2n) is 4.63. The second-order valence-corrected chi connectivity index (χ2v) is 4.63. The van der Waals surface area contributed by atoms with Crippen molar-refractivity contribution < 1.29 is 13.9 Å². The molecule has 100 valence electrons. The maximum absolute atomic E-state index is 12.5. The number of carbonyl (C=O) groups excluding carboxylic acids is 1. The number of rotatable bonds is 3. The van der Waals surface area contributed by atoms with Crippen LogP contribution in [-0.4, -0.2) is 12.9 Å². The summed E-state index contributed by atoms with van der Waals surface area (Å²) in [5.74, 6) is 0.714. The Morgan fingerprint density at radius 2 is 1.90 bits per heavy atom. The van der Waals surface area contributed by atoms with Gasteiger partial charge in [0, 0.05) is 5.39 Å². The van der Waals surface area contributed by atoms with Gasteiger partial charge < -0.3 is 9.15 Å². The lowest BCUT2D eigenvalue weighted by molar-refractivity contribution is 0.101. The zero-order valence-electron chi connectivity index (χ0n) is 11.3. The highest BCUT2D eigenvalue weighted by Crippen LogP contribution is 2.27. The Kier molecular flexibility index (Phi) is 3.03. The molecule has 20 heavy (non-hydrogen) atoms. The van der Waals surface area contributed by atoms with Gasteiger partial charge in [-0.15, -0.1) is 0 Å². The molecule has 0 aliphatic heterocycles. The third-order valence-electron chi connectivity index (χ3n) is 3.32. The molecule has 0 saturated carbocycles. The van der Waals surface area contributed by atoms with Crippen LogP contribution >= 0.6 is 0 Å². The van der Waals surface area contributed by atoms with Gasteiger partial charge in [0.25, 0.3) is 0 Å². The van der Waals surface area contributed by atoms with Gasteiger partial charge in [-0.05, 0) is 30.7 Å². The smallest absolute Gasteiger partial charge is 0.231 e. The Morgan fingerprint density at radius 3 is 2.65 bits per heavy atom. The number of ether oxygens (including phenoxy) is 1.